The Morgan fingerprint density at radius 3 is 1.83 bits per heavy atom. The number of hydrogen-bond donors (Lipinski definition) is 0. The number of nitrogens with zero attached hydrogens (tertiary/aromatic N) is 2. The van der Waals surface area contributed by atoms with E-state index in [2.05, 4.69) is 121 Å². The molecule has 0 aliphatic carbocycles. The van der Waals surface area contributed by atoms with Gasteiger partial charge in [0.15, 0.2) is 0 Å². The first-order valence-corrected chi connectivity index (χ1v) is 16.6. The summed E-state index contributed by atoms with van der Waals surface area (Å²) in [5.74, 6) is 2.41. The molecule has 0 spiro atoms. The summed E-state index contributed by atoms with van der Waals surface area (Å²) in [5.41, 5.74) is 1.33. The Balaban J connectivity index is 0.000000194. The number of methoxy groups -OCH3 is 1. The van der Waals surface area contributed by atoms with Gasteiger partial charge in [0.2, 0.25) is 10.4 Å². The lowest BCUT2D eigenvalue weighted by molar-refractivity contribution is -0.0220. The van der Waals surface area contributed by atoms with E-state index in [1.807, 2.05) is 0 Å². The number of amides is 2. The maximum absolute atomic E-state index is 12.1. The molecule has 0 aromatic heterocycles. The Bertz CT molecular complexity index is 1450. The Morgan fingerprint density at radius 1 is 0.976 bits per heavy atom. The molecule has 5 rings (SSSR count). The molecule has 0 saturated carbocycles. The summed E-state index contributed by atoms with van der Waals surface area (Å²) >= 11 is 0. The smallest absolute Gasteiger partial charge is 0.346 e. The second kappa shape index (κ2) is 13.6. The summed E-state index contributed by atoms with van der Waals surface area (Å²) in [6.45, 7) is 8.13. The number of carbonyl (C=O) groups excluding carboxylic acids is 1. The molecule has 1 saturated heterocycles. The lowest BCUT2D eigenvalue weighted by atomic mass is 9.95. The van der Waals surface area contributed by atoms with Crippen LogP contribution in [0.1, 0.15) is 13.8 Å². The Labute approximate surface area is 248 Å². The fourth-order valence-corrected chi connectivity index (χ4v) is 9.49. The fraction of sp³-hybridized carbons (Fsp3) is 0.219. The Morgan fingerprint density at radius 2 is 1.45 bits per heavy atom. The van der Waals surface area contributed by atoms with Crippen molar-refractivity contribution in [2.24, 2.45) is 0 Å². The summed E-state index contributed by atoms with van der Waals surface area (Å²) in [6.07, 6.45) is 3.97. The predicted octanol–water partition coefficient (Wildman–Crippen LogP) is 4.53. The third kappa shape index (κ3) is 6.72. The van der Waals surface area contributed by atoms with Crippen LogP contribution in [-0.4, -0.2) is 61.3 Å². The van der Waals surface area contributed by atoms with Crippen molar-refractivity contribution >= 4 is 39.6 Å². The lowest BCUT2D eigenvalue weighted by Gasteiger charge is -2.29. The van der Waals surface area contributed by atoms with Crippen molar-refractivity contribution in [3.63, 3.8) is 0 Å². The number of hydroxylamine groups is 2. The molecule has 2 aliphatic heterocycles. The fourth-order valence-electron chi connectivity index (χ4n) is 5.34. The predicted molar refractivity (Wildman–Crippen MR) is 167 cm³/mol. The van der Waals surface area contributed by atoms with Crippen LogP contribution in [0.2, 0.25) is 0 Å². The van der Waals surface area contributed by atoms with E-state index < -0.39 is 29.7 Å². The molecule has 220 valence electrons. The number of benzene rings is 3. The molecule has 2 aliphatic rings. The van der Waals surface area contributed by atoms with E-state index in [-0.39, 0.29) is 19.2 Å². The van der Waals surface area contributed by atoms with E-state index in [1.54, 1.807) is 13.0 Å². The highest BCUT2D eigenvalue weighted by Gasteiger charge is 2.47. The molecule has 2 bridgehead atoms. The van der Waals surface area contributed by atoms with Crippen LogP contribution in [0.5, 0.6) is 0 Å². The first-order chi connectivity index (χ1) is 20.1. The van der Waals surface area contributed by atoms with Crippen molar-refractivity contribution in [1.29, 1.82) is 0 Å². The van der Waals surface area contributed by atoms with Crippen molar-refractivity contribution in [3.8, 4) is 0 Å². The van der Waals surface area contributed by atoms with E-state index in [0.717, 1.165) is 0 Å². The van der Waals surface area contributed by atoms with Crippen LogP contribution < -0.4 is 15.9 Å². The molecule has 1 fully saturated rings. The lowest BCUT2D eigenvalue weighted by Crippen LogP contribution is -2.41. The first-order valence-electron chi connectivity index (χ1n) is 13.4. The molecule has 3 aromatic carbocycles. The minimum Gasteiger partial charge on any atom is -0.724 e. The zero-order chi connectivity index (χ0) is 30.3. The number of rotatable bonds is 9. The summed E-state index contributed by atoms with van der Waals surface area (Å²) < 4.78 is 41.5. The molecule has 42 heavy (non-hydrogen) atoms. The summed E-state index contributed by atoms with van der Waals surface area (Å²) in [7, 11) is -5.25. The number of carbonyl (C=O) groups is 1. The zero-order valence-electron chi connectivity index (χ0n) is 23.9. The molecule has 2 amide bonds. The minimum absolute atomic E-state index is 0.223. The van der Waals surface area contributed by atoms with Crippen molar-refractivity contribution in [3.05, 3.63) is 127 Å². The number of urea groups is 1. The van der Waals surface area contributed by atoms with E-state index in [1.165, 1.54) is 27.9 Å². The number of fused-ring (bicyclic) bond motifs is 2. The quantitative estimate of drug-likeness (QED) is 0.202. The van der Waals surface area contributed by atoms with Gasteiger partial charge < -0.3 is 14.2 Å². The average Bonchev–Trinajstić information content (AvgIpc) is 3.24. The molecular weight excluding hydrogens is 571 g/mol. The number of hydrogen-bond acceptors (Lipinski definition) is 6. The molecule has 10 heteroatoms. The molecule has 2 heterocycles. The van der Waals surface area contributed by atoms with E-state index in [9.17, 15) is 17.8 Å². The van der Waals surface area contributed by atoms with Gasteiger partial charge in [0.05, 0.1) is 25.0 Å². The van der Waals surface area contributed by atoms with Crippen LogP contribution in [0.4, 0.5) is 4.79 Å². The highest BCUT2D eigenvalue weighted by molar-refractivity contribution is 7.98. The largest absolute Gasteiger partial charge is 0.724 e. The van der Waals surface area contributed by atoms with Gasteiger partial charge in [0.25, 0.3) is 0 Å². The van der Waals surface area contributed by atoms with Crippen molar-refractivity contribution in [2.45, 2.75) is 25.9 Å². The van der Waals surface area contributed by atoms with Gasteiger partial charge in [0, 0.05) is 7.11 Å². The molecule has 0 radical (unpaired) electrons. The van der Waals surface area contributed by atoms with Gasteiger partial charge in [-0.3, -0.25) is 0 Å². The van der Waals surface area contributed by atoms with Crippen LogP contribution in [0, 0.1) is 0 Å². The summed E-state index contributed by atoms with van der Waals surface area (Å²) in [6, 6.07) is 31.0. The molecule has 8 nitrogen and oxygen atoms in total. The summed E-state index contributed by atoms with van der Waals surface area (Å²) in [4.78, 5) is 13.5. The van der Waals surface area contributed by atoms with Crippen LogP contribution >= 0.6 is 7.26 Å². The topological polar surface area (TPSA) is 99.2 Å². The number of allylic oxidation sites excluding steroid dienone is 1. The summed E-state index contributed by atoms with van der Waals surface area (Å²) in [5, 5.41) is 4.78. The van der Waals surface area contributed by atoms with Gasteiger partial charge in [-0.2, -0.15) is 9.35 Å². The van der Waals surface area contributed by atoms with Gasteiger partial charge in [-0.05, 0) is 55.8 Å². The molecule has 0 unspecified atom stereocenters. The second-order valence-corrected chi connectivity index (χ2v) is 14.2. The van der Waals surface area contributed by atoms with Gasteiger partial charge in [-0.1, -0.05) is 78.9 Å². The highest BCUT2D eigenvalue weighted by atomic mass is 32.3. The van der Waals surface area contributed by atoms with Crippen molar-refractivity contribution in [2.75, 3.05) is 20.3 Å². The SMILES string of the molecule is C/C=C/[P+](c1ccccc1)(c1ccccc1)c1ccccc1.C=C(C)C1=C[C@@H](COC)N2C[C@@H]1N(OS(=O)(=O)[O-])C2=O. The third-order valence-corrected chi connectivity index (χ3v) is 11.5. The monoisotopic (exact) mass is 606 g/mol. The Kier molecular flexibility index (Phi) is 10.1. The van der Waals surface area contributed by atoms with E-state index >= 15 is 0 Å². The molecular formula is C32H35N2O6PS. The van der Waals surface area contributed by atoms with Crippen LogP contribution in [0.25, 0.3) is 0 Å². The standard InChI is InChI=1S/C21H20P.C11H16N2O6S/c1-2-18-22(19-12-6-3-7-13-19,20-14-8-4-9-15-20)21-16-10-5-11-17-21;1-7(2)9-4-8(6-18-3)12-5-10(9)13(11(12)14)19-20(15,16)17/h2-18H,1H3;4,8,10H,1,5-6H2,2-3H3,(H,15,16,17)/q+1;/p-1/b18-2+;/t;8-,10-/m.0/s1. The maximum Gasteiger partial charge on any atom is 0.346 e. The molecule has 0 N–H and O–H groups in total. The zero-order valence-corrected chi connectivity index (χ0v) is 25.6. The third-order valence-electron chi connectivity index (χ3n) is 7.08. The minimum atomic E-state index is -5.02. The van der Waals surface area contributed by atoms with Crippen LogP contribution in [0.3, 0.4) is 0 Å². The van der Waals surface area contributed by atoms with Crippen LogP contribution in [-0.2, 0) is 19.4 Å². The van der Waals surface area contributed by atoms with Gasteiger partial charge in [-0.25, -0.2) is 13.2 Å². The van der Waals surface area contributed by atoms with Crippen molar-refractivity contribution < 1.29 is 26.8 Å². The van der Waals surface area contributed by atoms with E-state index in [4.69, 9.17) is 4.74 Å². The Hall–Kier alpha value is -3.59. The highest BCUT2D eigenvalue weighted by Crippen LogP contribution is 2.56. The van der Waals surface area contributed by atoms with E-state index in [0.29, 0.717) is 16.2 Å². The normalized spacial score (nSPS) is 18.5. The number of ether oxygens (including phenoxy) is 1. The van der Waals surface area contributed by atoms with Gasteiger partial charge in [0.1, 0.15) is 29.2 Å². The second-order valence-electron chi connectivity index (χ2n) is 9.90. The molecule has 3 aromatic rings. The van der Waals surface area contributed by atoms with Crippen molar-refractivity contribution in [1.82, 2.24) is 9.96 Å². The maximum atomic E-state index is 12.1. The first kappa shape index (κ1) is 31.3. The molecule has 2 atom stereocenters. The van der Waals surface area contributed by atoms with Crippen LogP contribution in [0.15, 0.2) is 127 Å². The van der Waals surface area contributed by atoms with Gasteiger partial charge in [-0.15, -0.1) is 0 Å². The average molecular weight is 607 g/mol. The van der Waals surface area contributed by atoms with Gasteiger partial charge >= 0.3 is 6.03 Å².